The molecule has 3 nitrogen and oxygen atoms in total. The molecule has 0 aliphatic rings. The second-order valence-electron chi connectivity index (χ2n) is 2.52. The Labute approximate surface area is 81.4 Å². The van der Waals surface area contributed by atoms with Crippen LogP contribution in [0.2, 0.25) is 0 Å². The van der Waals surface area contributed by atoms with E-state index in [4.69, 9.17) is 17.3 Å². The molecule has 4 heteroatoms. The second-order valence-corrected chi connectivity index (χ2v) is 2.99. The highest BCUT2D eigenvalue weighted by Gasteiger charge is 2.07. The van der Waals surface area contributed by atoms with Crippen molar-refractivity contribution in [3.05, 3.63) is 35.4 Å². The molecule has 1 atom stereocenters. The van der Waals surface area contributed by atoms with E-state index in [0.717, 1.165) is 0 Å². The zero-order chi connectivity index (χ0) is 9.84. The Morgan fingerprint density at radius 3 is 2.85 bits per heavy atom. The van der Waals surface area contributed by atoms with Crippen molar-refractivity contribution in [1.82, 2.24) is 0 Å². The van der Waals surface area contributed by atoms with Gasteiger partial charge in [-0.2, -0.15) is 0 Å². The van der Waals surface area contributed by atoms with Crippen molar-refractivity contribution in [3.63, 3.8) is 0 Å². The normalized spacial score (nSPS) is 12.2. The zero-order valence-corrected chi connectivity index (χ0v) is 7.91. The summed E-state index contributed by atoms with van der Waals surface area (Å²) in [6.07, 6.45) is 0. The fourth-order valence-corrected chi connectivity index (χ4v) is 1.09. The van der Waals surface area contributed by atoms with Crippen LogP contribution in [0.4, 0.5) is 0 Å². The Kier molecular flexibility index (Phi) is 3.28. The number of rotatable bonds is 2. The van der Waals surface area contributed by atoms with Gasteiger partial charge in [-0.25, -0.2) is 4.79 Å². The van der Waals surface area contributed by atoms with Crippen molar-refractivity contribution in [2.45, 2.75) is 5.50 Å². The van der Waals surface area contributed by atoms with Crippen LogP contribution in [-0.2, 0) is 4.74 Å². The van der Waals surface area contributed by atoms with Crippen LogP contribution in [0.25, 0.3) is 0 Å². The summed E-state index contributed by atoms with van der Waals surface area (Å²) >= 11 is 5.65. The fourth-order valence-electron chi connectivity index (χ4n) is 0.955. The lowest BCUT2D eigenvalue weighted by Gasteiger charge is -2.04. The molecule has 0 aliphatic heterocycles. The predicted molar refractivity (Wildman–Crippen MR) is 50.6 cm³/mol. The summed E-state index contributed by atoms with van der Waals surface area (Å²) in [6.45, 7) is 0. The Morgan fingerprint density at radius 2 is 2.31 bits per heavy atom. The number of carbonyl (C=O) groups is 1. The summed E-state index contributed by atoms with van der Waals surface area (Å²) in [7, 11) is 1.33. The summed E-state index contributed by atoms with van der Waals surface area (Å²) in [5, 5.41) is 0. The molecular formula is C9H10ClNO2. The lowest BCUT2D eigenvalue weighted by atomic mass is 10.1. The van der Waals surface area contributed by atoms with E-state index in [1.807, 2.05) is 0 Å². The molecule has 1 unspecified atom stereocenters. The Balaban J connectivity index is 2.98. The van der Waals surface area contributed by atoms with Gasteiger partial charge in [-0.1, -0.05) is 12.1 Å². The van der Waals surface area contributed by atoms with Gasteiger partial charge in [0.1, 0.15) is 5.50 Å². The topological polar surface area (TPSA) is 52.3 Å². The molecule has 0 saturated heterocycles. The number of carbonyl (C=O) groups excluding carboxylic acids is 1. The number of benzene rings is 1. The third-order valence-electron chi connectivity index (χ3n) is 1.63. The molecule has 13 heavy (non-hydrogen) atoms. The van der Waals surface area contributed by atoms with Gasteiger partial charge in [0.2, 0.25) is 0 Å². The summed E-state index contributed by atoms with van der Waals surface area (Å²) < 4.78 is 4.55. The average molecular weight is 200 g/mol. The molecule has 0 aliphatic carbocycles. The minimum absolute atomic E-state index is 0.390. The van der Waals surface area contributed by atoms with E-state index in [1.165, 1.54) is 7.11 Å². The van der Waals surface area contributed by atoms with Crippen molar-refractivity contribution in [1.29, 1.82) is 0 Å². The van der Waals surface area contributed by atoms with Crippen LogP contribution < -0.4 is 5.73 Å². The lowest BCUT2D eigenvalue weighted by Crippen LogP contribution is -2.05. The predicted octanol–water partition coefficient (Wildman–Crippen LogP) is 1.67. The van der Waals surface area contributed by atoms with Gasteiger partial charge in [-0.05, 0) is 17.7 Å². The molecule has 1 aromatic rings. The largest absolute Gasteiger partial charge is 0.465 e. The minimum atomic E-state index is -0.593. The monoisotopic (exact) mass is 199 g/mol. The molecule has 70 valence electrons. The first kappa shape index (κ1) is 10.0. The van der Waals surface area contributed by atoms with E-state index in [1.54, 1.807) is 24.3 Å². The highest BCUT2D eigenvalue weighted by Crippen LogP contribution is 2.15. The van der Waals surface area contributed by atoms with E-state index in [2.05, 4.69) is 4.74 Å². The maximum Gasteiger partial charge on any atom is 0.337 e. The van der Waals surface area contributed by atoms with E-state index in [9.17, 15) is 4.79 Å². The molecule has 2 N–H and O–H groups in total. The van der Waals surface area contributed by atoms with E-state index >= 15 is 0 Å². The van der Waals surface area contributed by atoms with Gasteiger partial charge < -0.3 is 10.5 Å². The van der Waals surface area contributed by atoms with Crippen LogP contribution in [-0.4, -0.2) is 13.1 Å². The molecule has 0 amide bonds. The van der Waals surface area contributed by atoms with Gasteiger partial charge in [-0.15, -0.1) is 11.6 Å². The van der Waals surface area contributed by atoms with Gasteiger partial charge in [-0.3, -0.25) is 0 Å². The van der Waals surface area contributed by atoms with Gasteiger partial charge in [0.15, 0.2) is 0 Å². The number of methoxy groups -OCH3 is 1. The number of hydrogen-bond donors (Lipinski definition) is 1. The van der Waals surface area contributed by atoms with Crippen LogP contribution in [0.1, 0.15) is 21.4 Å². The summed E-state index contributed by atoms with van der Waals surface area (Å²) in [4.78, 5) is 11.1. The van der Waals surface area contributed by atoms with Crippen LogP contribution in [0.3, 0.4) is 0 Å². The molecule has 0 saturated carbocycles. The second kappa shape index (κ2) is 4.25. The van der Waals surface area contributed by atoms with Gasteiger partial charge in [0, 0.05) is 0 Å². The van der Waals surface area contributed by atoms with E-state index < -0.39 is 5.50 Å². The number of halogens is 1. The number of esters is 1. The number of nitrogens with two attached hydrogens (primary N) is 1. The number of hydrogen-bond acceptors (Lipinski definition) is 3. The first-order chi connectivity index (χ1) is 6.15. The van der Waals surface area contributed by atoms with E-state index in [0.29, 0.717) is 11.1 Å². The van der Waals surface area contributed by atoms with Crippen LogP contribution in [0.5, 0.6) is 0 Å². The maximum absolute atomic E-state index is 11.1. The summed E-state index contributed by atoms with van der Waals surface area (Å²) in [5.41, 5.74) is 6.00. The van der Waals surface area contributed by atoms with Gasteiger partial charge in [0.25, 0.3) is 0 Å². The highest BCUT2D eigenvalue weighted by molar-refractivity contribution is 6.20. The molecule has 0 aromatic heterocycles. The molecule has 1 aromatic carbocycles. The van der Waals surface area contributed by atoms with Gasteiger partial charge >= 0.3 is 5.97 Å². The molecule has 0 fully saturated rings. The third kappa shape index (κ3) is 2.44. The average Bonchev–Trinajstić information content (AvgIpc) is 2.17. The van der Waals surface area contributed by atoms with Crippen LogP contribution in [0, 0.1) is 0 Å². The first-order valence-corrected chi connectivity index (χ1v) is 4.16. The van der Waals surface area contributed by atoms with Crippen molar-refractivity contribution in [2.24, 2.45) is 5.73 Å². The summed E-state index contributed by atoms with van der Waals surface area (Å²) in [5.74, 6) is -0.390. The Hall–Kier alpha value is -1.06. The van der Waals surface area contributed by atoms with Crippen molar-refractivity contribution in [3.8, 4) is 0 Å². The molecule has 0 radical (unpaired) electrons. The smallest absolute Gasteiger partial charge is 0.337 e. The molecule has 0 bridgehead atoms. The maximum atomic E-state index is 11.1. The SMILES string of the molecule is COC(=O)c1cccc(C(N)Cl)c1. The Bertz CT molecular complexity index is 312. The lowest BCUT2D eigenvalue weighted by molar-refractivity contribution is 0.0600. The van der Waals surface area contributed by atoms with E-state index in [-0.39, 0.29) is 5.97 Å². The molecule has 0 spiro atoms. The Morgan fingerprint density at radius 1 is 1.62 bits per heavy atom. The van der Waals surface area contributed by atoms with Crippen LogP contribution in [0.15, 0.2) is 24.3 Å². The molecular weight excluding hydrogens is 190 g/mol. The molecule has 0 heterocycles. The third-order valence-corrected chi connectivity index (χ3v) is 1.88. The first-order valence-electron chi connectivity index (χ1n) is 3.73. The zero-order valence-electron chi connectivity index (χ0n) is 7.16. The minimum Gasteiger partial charge on any atom is -0.465 e. The van der Waals surface area contributed by atoms with Crippen molar-refractivity contribution < 1.29 is 9.53 Å². The number of alkyl halides is 1. The van der Waals surface area contributed by atoms with Crippen molar-refractivity contribution >= 4 is 17.6 Å². The summed E-state index contributed by atoms with van der Waals surface area (Å²) in [6, 6.07) is 6.73. The number of ether oxygens (including phenoxy) is 1. The van der Waals surface area contributed by atoms with Gasteiger partial charge in [0.05, 0.1) is 12.7 Å². The van der Waals surface area contributed by atoms with Crippen LogP contribution >= 0.6 is 11.6 Å². The van der Waals surface area contributed by atoms with Crippen molar-refractivity contribution in [2.75, 3.05) is 7.11 Å². The molecule has 1 rings (SSSR count). The fraction of sp³-hybridized carbons (Fsp3) is 0.222. The highest BCUT2D eigenvalue weighted by atomic mass is 35.5. The quantitative estimate of drug-likeness (QED) is 0.448. The standard InChI is InChI=1S/C9H10ClNO2/c1-13-9(12)7-4-2-3-6(5-7)8(10)11/h2-5,8H,11H2,1H3.